The molecule has 0 fully saturated rings. The van der Waals surface area contributed by atoms with Gasteiger partial charge in [-0.2, -0.15) is 0 Å². The Bertz CT molecular complexity index is 379. The molecule has 0 aromatic heterocycles. The number of halogens is 1. The third-order valence-corrected chi connectivity index (χ3v) is 2.48. The van der Waals surface area contributed by atoms with Gasteiger partial charge in [0, 0.05) is 12.5 Å². The molecule has 0 amide bonds. The Morgan fingerprint density at radius 3 is 2.76 bits per heavy atom. The van der Waals surface area contributed by atoms with E-state index in [2.05, 4.69) is 0 Å². The van der Waals surface area contributed by atoms with Crippen LogP contribution >= 0.6 is 11.6 Å². The average Bonchev–Trinajstić information content (AvgIpc) is 2.30. The molecule has 0 saturated carbocycles. The van der Waals surface area contributed by atoms with Gasteiger partial charge in [0.2, 0.25) is 0 Å². The fraction of sp³-hybridized carbons (Fsp3) is 0.417. The van der Waals surface area contributed by atoms with Gasteiger partial charge in [0.15, 0.2) is 0 Å². The van der Waals surface area contributed by atoms with Gasteiger partial charge < -0.3 is 14.6 Å². The highest BCUT2D eigenvalue weighted by Crippen LogP contribution is 2.28. The Kier molecular flexibility index (Phi) is 5.63. The van der Waals surface area contributed by atoms with Crippen molar-refractivity contribution in [2.45, 2.75) is 19.3 Å². The van der Waals surface area contributed by atoms with Crippen LogP contribution in [0.1, 0.15) is 19.3 Å². The lowest BCUT2D eigenvalue weighted by molar-refractivity contribution is -0.137. The van der Waals surface area contributed by atoms with E-state index >= 15 is 0 Å². The third kappa shape index (κ3) is 4.95. The Morgan fingerprint density at radius 2 is 2.18 bits per heavy atom. The van der Waals surface area contributed by atoms with Crippen molar-refractivity contribution < 1.29 is 19.4 Å². The van der Waals surface area contributed by atoms with Crippen LogP contribution in [0.2, 0.25) is 5.02 Å². The summed E-state index contributed by atoms with van der Waals surface area (Å²) in [5.74, 6) is 0.475. The van der Waals surface area contributed by atoms with Crippen LogP contribution in [0.25, 0.3) is 0 Å². The highest BCUT2D eigenvalue weighted by molar-refractivity contribution is 6.32. The number of hydrogen-bond acceptors (Lipinski definition) is 3. The van der Waals surface area contributed by atoms with Crippen molar-refractivity contribution in [3.05, 3.63) is 23.2 Å². The molecule has 0 saturated heterocycles. The average molecular weight is 259 g/mol. The number of hydrogen-bond donors (Lipinski definition) is 1. The molecule has 1 aromatic rings. The standard InChI is InChI=1S/C12H15ClO4/c1-16-9-5-6-11(10(13)8-9)17-7-3-2-4-12(14)15/h5-6,8H,2-4,7H2,1H3,(H,14,15). The van der Waals surface area contributed by atoms with Crippen LogP contribution in [-0.2, 0) is 4.79 Å². The van der Waals surface area contributed by atoms with Gasteiger partial charge >= 0.3 is 5.97 Å². The molecule has 0 spiro atoms. The van der Waals surface area contributed by atoms with Crippen LogP contribution in [0.15, 0.2) is 18.2 Å². The molecule has 0 aliphatic heterocycles. The quantitative estimate of drug-likeness (QED) is 0.764. The summed E-state index contributed by atoms with van der Waals surface area (Å²) in [6, 6.07) is 5.17. The molecule has 94 valence electrons. The molecule has 0 unspecified atom stereocenters. The maximum Gasteiger partial charge on any atom is 0.303 e. The number of ether oxygens (including phenoxy) is 2. The van der Waals surface area contributed by atoms with Gasteiger partial charge in [-0.05, 0) is 25.0 Å². The number of benzene rings is 1. The summed E-state index contributed by atoms with van der Waals surface area (Å²) in [6.45, 7) is 0.458. The fourth-order valence-corrected chi connectivity index (χ4v) is 1.51. The second-order valence-corrected chi connectivity index (χ2v) is 3.90. The molecule has 0 bridgehead atoms. The number of carboxylic acids is 1. The summed E-state index contributed by atoms with van der Waals surface area (Å²) in [4.78, 5) is 10.3. The Morgan fingerprint density at radius 1 is 1.41 bits per heavy atom. The van der Waals surface area contributed by atoms with E-state index in [4.69, 9.17) is 26.2 Å². The molecular weight excluding hydrogens is 244 g/mol. The van der Waals surface area contributed by atoms with E-state index in [0.29, 0.717) is 36.0 Å². The Balaban J connectivity index is 2.34. The lowest BCUT2D eigenvalue weighted by atomic mass is 10.2. The van der Waals surface area contributed by atoms with Gasteiger partial charge in [-0.15, -0.1) is 0 Å². The molecule has 4 nitrogen and oxygen atoms in total. The van der Waals surface area contributed by atoms with Gasteiger partial charge in [0.05, 0.1) is 18.7 Å². The van der Waals surface area contributed by atoms with Crippen LogP contribution in [0.5, 0.6) is 11.5 Å². The smallest absolute Gasteiger partial charge is 0.303 e. The molecule has 17 heavy (non-hydrogen) atoms. The van der Waals surface area contributed by atoms with Gasteiger partial charge in [-0.3, -0.25) is 4.79 Å². The highest BCUT2D eigenvalue weighted by atomic mass is 35.5. The van der Waals surface area contributed by atoms with Crippen LogP contribution < -0.4 is 9.47 Å². The maximum absolute atomic E-state index is 10.3. The Hall–Kier alpha value is -1.42. The SMILES string of the molecule is COc1ccc(OCCCCC(=O)O)c(Cl)c1. The second kappa shape index (κ2) is 7.01. The number of aliphatic carboxylic acids is 1. The van der Waals surface area contributed by atoms with Gasteiger partial charge in [0.25, 0.3) is 0 Å². The first-order valence-electron chi connectivity index (χ1n) is 5.31. The van der Waals surface area contributed by atoms with Crippen molar-refractivity contribution in [2.75, 3.05) is 13.7 Å². The van der Waals surface area contributed by atoms with Crippen molar-refractivity contribution in [3.8, 4) is 11.5 Å². The molecule has 0 aliphatic rings. The molecule has 0 atom stereocenters. The van der Waals surface area contributed by atoms with Gasteiger partial charge in [-0.25, -0.2) is 0 Å². The van der Waals surface area contributed by atoms with Crippen molar-refractivity contribution in [1.82, 2.24) is 0 Å². The topological polar surface area (TPSA) is 55.8 Å². The summed E-state index contributed by atoms with van der Waals surface area (Å²) in [5, 5.41) is 8.94. The molecule has 1 rings (SSSR count). The number of methoxy groups -OCH3 is 1. The summed E-state index contributed by atoms with van der Waals surface area (Å²) < 4.78 is 10.5. The van der Waals surface area contributed by atoms with Crippen LogP contribution in [0.3, 0.4) is 0 Å². The summed E-state index contributed by atoms with van der Waals surface area (Å²) >= 11 is 5.97. The third-order valence-electron chi connectivity index (χ3n) is 2.18. The first kappa shape index (κ1) is 13.6. The first-order valence-corrected chi connectivity index (χ1v) is 5.69. The van der Waals surface area contributed by atoms with E-state index in [1.54, 1.807) is 25.3 Å². The van der Waals surface area contributed by atoms with Crippen molar-refractivity contribution >= 4 is 17.6 Å². The maximum atomic E-state index is 10.3. The van der Waals surface area contributed by atoms with Crippen LogP contribution in [0, 0.1) is 0 Å². The van der Waals surface area contributed by atoms with E-state index in [9.17, 15) is 4.79 Å². The number of rotatable bonds is 7. The number of unbranched alkanes of at least 4 members (excludes halogenated alkanes) is 1. The molecule has 5 heteroatoms. The normalized spacial score (nSPS) is 10.0. The van der Waals surface area contributed by atoms with Crippen molar-refractivity contribution in [3.63, 3.8) is 0 Å². The lowest BCUT2D eigenvalue weighted by Gasteiger charge is -2.08. The van der Waals surface area contributed by atoms with Gasteiger partial charge in [0.1, 0.15) is 11.5 Å². The minimum absolute atomic E-state index is 0.166. The van der Waals surface area contributed by atoms with Crippen molar-refractivity contribution in [1.29, 1.82) is 0 Å². The predicted octanol–water partition coefficient (Wildman–Crippen LogP) is 2.98. The van der Waals surface area contributed by atoms with E-state index in [1.807, 2.05) is 0 Å². The minimum Gasteiger partial charge on any atom is -0.497 e. The Labute approximate surface area is 105 Å². The summed E-state index contributed by atoms with van der Waals surface area (Å²) in [7, 11) is 1.57. The zero-order chi connectivity index (χ0) is 12.7. The van der Waals surface area contributed by atoms with E-state index in [-0.39, 0.29) is 6.42 Å². The number of carboxylic acid groups (broad SMARTS) is 1. The molecule has 0 heterocycles. The van der Waals surface area contributed by atoms with E-state index in [1.165, 1.54) is 0 Å². The molecule has 0 aliphatic carbocycles. The van der Waals surface area contributed by atoms with Gasteiger partial charge in [-0.1, -0.05) is 11.6 Å². The number of carbonyl (C=O) groups is 1. The minimum atomic E-state index is -0.785. The zero-order valence-electron chi connectivity index (χ0n) is 9.61. The van der Waals surface area contributed by atoms with Crippen molar-refractivity contribution in [2.24, 2.45) is 0 Å². The molecule has 1 aromatic carbocycles. The van der Waals surface area contributed by atoms with Crippen LogP contribution in [0.4, 0.5) is 0 Å². The molecule has 0 radical (unpaired) electrons. The first-order chi connectivity index (χ1) is 8.13. The highest BCUT2D eigenvalue weighted by Gasteiger charge is 2.03. The van der Waals surface area contributed by atoms with E-state index in [0.717, 1.165) is 0 Å². The zero-order valence-corrected chi connectivity index (χ0v) is 10.4. The molecule has 1 N–H and O–H groups in total. The monoisotopic (exact) mass is 258 g/mol. The largest absolute Gasteiger partial charge is 0.497 e. The van der Waals surface area contributed by atoms with Crippen LogP contribution in [-0.4, -0.2) is 24.8 Å². The fourth-order valence-electron chi connectivity index (χ4n) is 1.29. The lowest BCUT2D eigenvalue weighted by Crippen LogP contribution is -2.00. The summed E-state index contributed by atoms with van der Waals surface area (Å²) in [6.07, 6.45) is 1.46. The predicted molar refractivity (Wildman–Crippen MR) is 65.0 cm³/mol. The second-order valence-electron chi connectivity index (χ2n) is 3.50. The van der Waals surface area contributed by atoms with E-state index < -0.39 is 5.97 Å². The summed E-state index contributed by atoms with van der Waals surface area (Å²) in [5.41, 5.74) is 0. The molecular formula is C12H15ClO4.